The highest BCUT2D eigenvalue weighted by Crippen LogP contribution is 2.32. The van der Waals surface area contributed by atoms with Gasteiger partial charge in [-0.25, -0.2) is 4.79 Å². The Morgan fingerprint density at radius 1 is 1.04 bits per heavy atom. The topological polar surface area (TPSA) is 54.0 Å². The molecule has 2 aromatic carbocycles. The van der Waals surface area contributed by atoms with E-state index in [-0.39, 0.29) is 12.7 Å². The number of carbonyl (C=O) groups is 1. The molecule has 0 radical (unpaired) electrons. The fourth-order valence-electron chi connectivity index (χ4n) is 2.08. The summed E-state index contributed by atoms with van der Waals surface area (Å²) in [6, 6.07) is 11.8. The Hall–Kier alpha value is -1.95. The Labute approximate surface area is 169 Å². The van der Waals surface area contributed by atoms with E-state index in [1.165, 1.54) is 0 Å². The maximum absolute atomic E-state index is 12.0. The van der Waals surface area contributed by atoms with Crippen molar-refractivity contribution in [1.29, 1.82) is 0 Å². The molecule has 0 aliphatic rings. The zero-order chi connectivity index (χ0) is 19.8. The third-order valence-electron chi connectivity index (χ3n) is 3.76. The van der Waals surface area contributed by atoms with Crippen LogP contribution < -0.4 is 9.47 Å². The minimum Gasteiger partial charge on any atom is -0.479 e. The van der Waals surface area contributed by atoms with E-state index in [9.17, 15) is 4.79 Å². The second-order valence-electron chi connectivity index (χ2n) is 5.91. The Morgan fingerprint density at radius 2 is 1.70 bits per heavy atom. The van der Waals surface area contributed by atoms with Gasteiger partial charge >= 0.3 is 5.97 Å². The van der Waals surface area contributed by atoms with Crippen LogP contribution in [0.15, 0.2) is 42.5 Å². The van der Waals surface area contributed by atoms with Gasteiger partial charge in [-0.3, -0.25) is 0 Å². The van der Waals surface area contributed by atoms with Gasteiger partial charge in [-0.1, -0.05) is 23.2 Å². The molecule has 0 spiro atoms. The number of hydrogen-bond acceptors (Lipinski definition) is 5. The molecule has 0 heterocycles. The highest BCUT2D eigenvalue weighted by atomic mass is 35.5. The van der Waals surface area contributed by atoms with Crippen LogP contribution in [-0.4, -0.2) is 31.9 Å². The second-order valence-corrected chi connectivity index (χ2v) is 6.75. The number of benzene rings is 2. The maximum atomic E-state index is 12.0. The van der Waals surface area contributed by atoms with Crippen LogP contribution in [0.25, 0.3) is 0 Å². The Kier molecular flexibility index (Phi) is 8.23. The average Bonchev–Trinajstić information content (AvgIpc) is 2.65. The van der Waals surface area contributed by atoms with Crippen molar-refractivity contribution in [1.82, 2.24) is 0 Å². The summed E-state index contributed by atoms with van der Waals surface area (Å²) in [5.41, 5.74) is 0. The third kappa shape index (κ3) is 6.94. The lowest BCUT2D eigenvalue weighted by molar-refractivity contribution is -0.151. The number of hydrogen-bond donors (Lipinski definition) is 0. The maximum Gasteiger partial charge on any atom is 0.347 e. The van der Waals surface area contributed by atoms with Crippen LogP contribution in [0.2, 0.25) is 10.0 Å². The molecule has 2 rings (SSSR count). The zero-order valence-corrected chi connectivity index (χ0v) is 16.9. The van der Waals surface area contributed by atoms with E-state index in [1.807, 2.05) is 6.92 Å². The standard InChI is InChI=1S/C20H22Cl2O5/c1-13(24-3)10-11-25-20(23)14(2)26-16-5-7-17(8-6-16)27-19-9-4-15(21)12-18(19)22/h4-9,12-14H,10-11H2,1-3H3/t13?,14-/m1/s1. The zero-order valence-electron chi connectivity index (χ0n) is 15.4. The Balaban J connectivity index is 1.86. The Morgan fingerprint density at radius 3 is 2.33 bits per heavy atom. The molecule has 0 bridgehead atoms. The van der Waals surface area contributed by atoms with Gasteiger partial charge in [-0.15, -0.1) is 0 Å². The molecule has 0 amide bonds. The molecule has 0 aliphatic heterocycles. The number of ether oxygens (including phenoxy) is 4. The first kappa shape index (κ1) is 21.4. The molecule has 146 valence electrons. The van der Waals surface area contributed by atoms with Crippen molar-refractivity contribution in [3.63, 3.8) is 0 Å². The first-order chi connectivity index (χ1) is 12.9. The van der Waals surface area contributed by atoms with Crippen LogP contribution in [0.5, 0.6) is 17.2 Å². The first-order valence-corrected chi connectivity index (χ1v) is 9.23. The normalized spacial score (nSPS) is 12.9. The number of carbonyl (C=O) groups excluding carboxylic acids is 1. The summed E-state index contributed by atoms with van der Waals surface area (Å²) >= 11 is 12.0. The van der Waals surface area contributed by atoms with Gasteiger partial charge in [-0.05, 0) is 56.3 Å². The van der Waals surface area contributed by atoms with E-state index in [2.05, 4.69) is 0 Å². The molecule has 0 fully saturated rings. The van der Waals surface area contributed by atoms with Crippen molar-refractivity contribution >= 4 is 29.2 Å². The lowest BCUT2D eigenvalue weighted by atomic mass is 10.3. The minimum absolute atomic E-state index is 0.0377. The molecule has 7 heteroatoms. The summed E-state index contributed by atoms with van der Waals surface area (Å²) < 4.78 is 21.6. The largest absolute Gasteiger partial charge is 0.479 e. The monoisotopic (exact) mass is 412 g/mol. The molecule has 0 saturated carbocycles. The average molecular weight is 413 g/mol. The van der Waals surface area contributed by atoms with Crippen LogP contribution in [-0.2, 0) is 14.3 Å². The van der Waals surface area contributed by atoms with Crippen molar-refractivity contribution in [3.05, 3.63) is 52.5 Å². The SMILES string of the molecule is COC(C)CCOC(=O)[C@@H](C)Oc1ccc(Oc2ccc(Cl)cc2Cl)cc1. The van der Waals surface area contributed by atoms with Crippen molar-refractivity contribution in [2.75, 3.05) is 13.7 Å². The molecule has 27 heavy (non-hydrogen) atoms. The molecule has 2 atom stereocenters. The molecule has 0 aliphatic carbocycles. The lowest BCUT2D eigenvalue weighted by Crippen LogP contribution is -2.27. The predicted octanol–water partition coefficient (Wildman–Crippen LogP) is 5.52. The Bertz CT molecular complexity index is 749. The molecule has 0 aromatic heterocycles. The van der Waals surface area contributed by atoms with Crippen molar-refractivity contribution in [2.45, 2.75) is 32.5 Å². The number of esters is 1. The summed E-state index contributed by atoms with van der Waals surface area (Å²) in [6.45, 7) is 3.84. The first-order valence-electron chi connectivity index (χ1n) is 8.48. The molecule has 0 saturated heterocycles. The van der Waals surface area contributed by atoms with Crippen LogP contribution in [0.3, 0.4) is 0 Å². The van der Waals surface area contributed by atoms with Gasteiger partial charge in [0.2, 0.25) is 0 Å². The highest BCUT2D eigenvalue weighted by molar-refractivity contribution is 6.35. The molecular formula is C20H22Cl2O5. The van der Waals surface area contributed by atoms with Crippen molar-refractivity contribution in [3.8, 4) is 17.2 Å². The third-order valence-corrected chi connectivity index (χ3v) is 4.29. The van der Waals surface area contributed by atoms with Gasteiger partial charge in [0.1, 0.15) is 17.2 Å². The summed E-state index contributed by atoms with van der Waals surface area (Å²) in [7, 11) is 1.62. The molecule has 1 unspecified atom stereocenters. The smallest absolute Gasteiger partial charge is 0.347 e. The fourth-order valence-corrected chi connectivity index (χ4v) is 2.53. The van der Waals surface area contributed by atoms with Crippen LogP contribution in [0, 0.1) is 0 Å². The van der Waals surface area contributed by atoms with Crippen LogP contribution >= 0.6 is 23.2 Å². The van der Waals surface area contributed by atoms with E-state index in [1.54, 1.807) is 56.5 Å². The number of rotatable bonds is 9. The van der Waals surface area contributed by atoms with E-state index in [0.717, 1.165) is 0 Å². The fraction of sp³-hybridized carbons (Fsp3) is 0.350. The summed E-state index contributed by atoms with van der Waals surface area (Å²) in [6.07, 6.45) is -0.0510. The lowest BCUT2D eigenvalue weighted by Gasteiger charge is -2.15. The molecular weight excluding hydrogens is 391 g/mol. The number of halogens is 2. The van der Waals surface area contributed by atoms with Gasteiger partial charge in [0.25, 0.3) is 0 Å². The molecule has 0 N–H and O–H groups in total. The summed E-state index contributed by atoms with van der Waals surface area (Å²) in [5, 5.41) is 0.954. The quantitative estimate of drug-likeness (QED) is 0.507. The summed E-state index contributed by atoms with van der Waals surface area (Å²) in [5.74, 6) is 1.18. The molecule has 5 nitrogen and oxygen atoms in total. The van der Waals surface area contributed by atoms with Gasteiger partial charge in [0, 0.05) is 18.6 Å². The van der Waals surface area contributed by atoms with E-state index in [0.29, 0.717) is 33.7 Å². The minimum atomic E-state index is -0.722. The van der Waals surface area contributed by atoms with Crippen molar-refractivity contribution < 1.29 is 23.7 Å². The summed E-state index contributed by atoms with van der Waals surface area (Å²) in [4.78, 5) is 12.0. The van der Waals surface area contributed by atoms with Crippen LogP contribution in [0.4, 0.5) is 0 Å². The van der Waals surface area contributed by atoms with Gasteiger partial charge in [-0.2, -0.15) is 0 Å². The second kappa shape index (κ2) is 10.4. The van der Waals surface area contributed by atoms with Gasteiger partial charge < -0.3 is 18.9 Å². The highest BCUT2D eigenvalue weighted by Gasteiger charge is 2.17. The predicted molar refractivity (Wildman–Crippen MR) is 105 cm³/mol. The van der Waals surface area contributed by atoms with Crippen molar-refractivity contribution in [2.24, 2.45) is 0 Å². The van der Waals surface area contributed by atoms with E-state index in [4.69, 9.17) is 42.1 Å². The van der Waals surface area contributed by atoms with E-state index >= 15 is 0 Å². The molecule has 2 aromatic rings. The van der Waals surface area contributed by atoms with Gasteiger partial charge in [0.15, 0.2) is 6.10 Å². The van der Waals surface area contributed by atoms with E-state index < -0.39 is 12.1 Å². The van der Waals surface area contributed by atoms with Gasteiger partial charge in [0.05, 0.1) is 17.7 Å². The van der Waals surface area contributed by atoms with Crippen LogP contribution in [0.1, 0.15) is 20.3 Å². The number of methoxy groups -OCH3 is 1.